The van der Waals surface area contributed by atoms with Crippen molar-refractivity contribution >= 4 is 16.9 Å². The summed E-state index contributed by atoms with van der Waals surface area (Å²) in [5.74, 6) is 1.24. The van der Waals surface area contributed by atoms with E-state index in [0.717, 1.165) is 40.9 Å². The van der Waals surface area contributed by atoms with Crippen molar-refractivity contribution in [3.05, 3.63) is 71.7 Å². The molecule has 1 aliphatic heterocycles. The van der Waals surface area contributed by atoms with Gasteiger partial charge in [-0.3, -0.25) is 4.79 Å². The van der Waals surface area contributed by atoms with Gasteiger partial charge < -0.3 is 18.7 Å². The van der Waals surface area contributed by atoms with Gasteiger partial charge in [-0.2, -0.15) is 0 Å². The van der Waals surface area contributed by atoms with Gasteiger partial charge in [0.15, 0.2) is 6.39 Å². The SMILES string of the molecule is O=C(c1ocnc1C1CC1)N1CCc2[nH]cnc2[C@H]1c1cc2ccccc2o1. The van der Waals surface area contributed by atoms with Crippen LogP contribution >= 0.6 is 0 Å². The minimum atomic E-state index is -0.396. The number of carbonyl (C=O) groups is 1. The van der Waals surface area contributed by atoms with Gasteiger partial charge in [-0.1, -0.05) is 18.2 Å². The second-order valence-electron chi connectivity index (χ2n) is 7.45. The van der Waals surface area contributed by atoms with Gasteiger partial charge in [0.25, 0.3) is 5.91 Å². The number of fused-ring (bicyclic) bond motifs is 2. The van der Waals surface area contributed by atoms with Gasteiger partial charge in [-0.05, 0) is 25.0 Å². The molecule has 1 atom stereocenters. The van der Waals surface area contributed by atoms with Crippen LogP contribution in [0.2, 0.25) is 0 Å². The molecule has 0 saturated heterocycles. The number of rotatable bonds is 3. The number of hydrogen-bond donors (Lipinski definition) is 1. The molecule has 1 saturated carbocycles. The number of hydrogen-bond acceptors (Lipinski definition) is 5. The predicted octanol–water partition coefficient (Wildman–Crippen LogP) is 3.81. The first kappa shape index (κ1) is 15.7. The summed E-state index contributed by atoms with van der Waals surface area (Å²) < 4.78 is 11.7. The van der Waals surface area contributed by atoms with Gasteiger partial charge in [-0.25, -0.2) is 9.97 Å². The fourth-order valence-electron chi connectivity index (χ4n) is 4.11. The van der Waals surface area contributed by atoms with E-state index in [2.05, 4.69) is 15.0 Å². The smallest absolute Gasteiger partial charge is 0.292 e. The van der Waals surface area contributed by atoms with E-state index >= 15 is 0 Å². The number of carbonyl (C=O) groups excluding carboxylic acids is 1. The van der Waals surface area contributed by atoms with Gasteiger partial charge in [0.2, 0.25) is 5.76 Å². The van der Waals surface area contributed by atoms with Crippen LogP contribution in [-0.4, -0.2) is 32.3 Å². The Morgan fingerprint density at radius 1 is 1.18 bits per heavy atom. The zero-order chi connectivity index (χ0) is 18.7. The average Bonchev–Trinajstić information content (AvgIpc) is 3.14. The van der Waals surface area contributed by atoms with E-state index in [9.17, 15) is 4.79 Å². The Hall–Kier alpha value is -3.35. The minimum absolute atomic E-state index is 0.154. The topological polar surface area (TPSA) is 88.2 Å². The molecule has 2 aliphatic rings. The van der Waals surface area contributed by atoms with Crippen LogP contribution in [0.15, 0.2) is 51.9 Å². The molecule has 1 aliphatic carbocycles. The van der Waals surface area contributed by atoms with Crippen LogP contribution in [0, 0.1) is 0 Å². The van der Waals surface area contributed by atoms with Gasteiger partial charge in [0, 0.05) is 30.0 Å². The first-order chi connectivity index (χ1) is 13.8. The van der Waals surface area contributed by atoms with Crippen LogP contribution in [0.1, 0.15) is 58.2 Å². The Morgan fingerprint density at radius 2 is 2.07 bits per heavy atom. The molecule has 6 rings (SSSR count). The van der Waals surface area contributed by atoms with Crippen LogP contribution < -0.4 is 0 Å². The number of aromatic amines is 1. The Morgan fingerprint density at radius 3 is 2.93 bits per heavy atom. The molecule has 7 heteroatoms. The molecule has 4 aromatic rings. The maximum Gasteiger partial charge on any atom is 0.292 e. The highest BCUT2D eigenvalue weighted by atomic mass is 16.4. The molecule has 0 spiro atoms. The number of nitrogens with zero attached hydrogens (tertiary/aromatic N) is 3. The van der Waals surface area contributed by atoms with E-state index < -0.39 is 6.04 Å². The van der Waals surface area contributed by atoms with Crippen molar-refractivity contribution in [3.63, 3.8) is 0 Å². The van der Waals surface area contributed by atoms with Gasteiger partial charge in [-0.15, -0.1) is 0 Å². The lowest BCUT2D eigenvalue weighted by molar-refractivity contribution is 0.0638. The van der Waals surface area contributed by atoms with Gasteiger partial charge >= 0.3 is 0 Å². The number of aromatic nitrogens is 3. The maximum atomic E-state index is 13.5. The first-order valence-electron chi connectivity index (χ1n) is 9.54. The van der Waals surface area contributed by atoms with Crippen molar-refractivity contribution in [1.29, 1.82) is 0 Å². The molecule has 0 unspecified atom stereocenters. The van der Waals surface area contributed by atoms with Crippen molar-refractivity contribution in [2.24, 2.45) is 0 Å². The average molecular weight is 374 g/mol. The van der Waals surface area contributed by atoms with E-state index in [4.69, 9.17) is 8.83 Å². The molecule has 1 aromatic carbocycles. The summed E-state index contributed by atoms with van der Waals surface area (Å²) in [7, 11) is 0. The lowest BCUT2D eigenvalue weighted by atomic mass is 9.99. The van der Waals surface area contributed by atoms with E-state index in [1.54, 1.807) is 11.2 Å². The lowest BCUT2D eigenvalue weighted by Gasteiger charge is -2.33. The number of amides is 1. The third kappa shape index (κ3) is 2.32. The maximum absolute atomic E-state index is 13.5. The highest BCUT2D eigenvalue weighted by Crippen LogP contribution is 2.42. The van der Waals surface area contributed by atoms with Crippen LogP contribution in [0.5, 0.6) is 0 Å². The standard InChI is InChI=1S/C21H18N4O3/c26-21(20-17(12-5-6-12)24-11-27-20)25-8-7-14-18(23-10-22-14)19(25)16-9-13-3-1-2-4-15(13)28-16/h1-4,9-12,19H,5-8H2,(H,22,23)/t19-/m1/s1. The Labute approximate surface area is 160 Å². The van der Waals surface area contributed by atoms with Gasteiger partial charge in [0.05, 0.1) is 17.7 Å². The summed E-state index contributed by atoms with van der Waals surface area (Å²) in [6.07, 6.45) is 5.89. The number of nitrogens with one attached hydrogen (secondary N) is 1. The zero-order valence-corrected chi connectivity index (χ0v) is 15.1. The van der Waals surface area contributed by atoms with Gasteiger partial charge in [0.1, 0.15) is 17.4 Å². The van der Waals surface area contributed by atoms with E-state index in [0.29, 0.717) is 30.4 Å². The molecule has 1 amide bonds. The number of oxazole rings is 1. The second-order valence-corrected chi connectivity index (χ2v) is 7.45. The number of para-hydroxylation sites is 1. The highest BCUT2D eigenvalue weighted by molar-refractivity contribution is 5.93. The fraction of sp³-hybridized carbons (Fsp3) is 0.286. The number of benzene rings is 1. The largest absolute Gasteiger partial charge is 0.458 e. The molecule has 0 radical (unpaired) electrons. The fourth-order valence-corrected chi connectivity index (χ4v) is 4.11. The first-order valence-corrected chi connectivity index (χ1v) is 9.54. The molecular formula is C21H18N4O3. The summed E-state index contributed by atoms with van der Waals surface area (Å²) in [5, 5.41) is 1.01. The molecule has 140 valence electrons. The van der Waals surface area contributed by atoms with Crippen LogP contribution in [0.25, 0.3) is 11.0 Å². The van der Waals surface area contributed by atoms with Crippen molar-refractivity contribution in [2.75, 3.05) is 6.54 Å². The van der Waals surface area contributed by atoms with Crippen molar-refractivity contribution in [3.8, 4) is 0 Å². The number of imidazole rings is 1. The normalized spacial score (nSPS) is 19.1. The number of H-pyrrole nitrogens is 1. The van der Waals surface area contributed by atoms with Crippen molar-refractivity contribution in [1.82, 2.24) is 19.9 Å². The summed E-state index contributed by atoms with van der Waals surface area (Å²) in [6.45, 7) is 0.556. The molecule has 4 heterocycles. The quantitative estimate of drug-likeness (QED) is 0.589. The molecule has 1 N–H and O–H groups in total. The summed E-state index contributed by atoms with van der Waals surface area (Å²) in [6, 6.07) is 9.45. The minimum Gasteiger partial charge on any atom is -0.458 e. The summed E-state index contributed by atoms with van der Waals surface area (Å²) in [4.78, 5) is 27.3. The highest BCUT2D eigenvalue weighted by Gasteiger charge is 2.40. The third-order valence-electron chi connectivity index (χ3n) is 5.65. The Kier molecular flexibility index (Phi) is 3.26. The molecular weight excluding hydrogens is 356 g/mol. The van der Waals surface area contributed by atoms with Crippen LogP contribution in [0.4, 0.5) is 0 Å². The van der Waals surface area contributed by atoms with Crippen LogP contribution in [0.3, 0.4) is 0 Å². The van der Waals surface area contributed by atoms with Crippen molar-refractivity contribution < 1.29 is 13.6 Å². The molecule has 1 fully saturated rings. The third-order valence-corrected chi connectivity index (χ3v) is 5.65. The van der Waals surface area contributed by atoms with E-state index in [-0.39, 0.29) is 5.91 Å². The summed E-state index contributed by atoms with van der Waals surface area (Å²) in [5.41, 5.74) is 3.44. The molecule has 7 nitrogen and oxygen atoms in total. The Bertz CT molecular complexity index is 1150. The second kappa shape index (κ2) is 5.82. The Balaban J connectivity index is 1.46. The summed E-state index contributed by atoms with van der Waals surface area (Å²) >= 11 is 0. The zero-order valence-electron chi connectivity index (χ0n) is 15.1. The van der Waals surface area contributed by atoms with Crippen LogP contribution in [-0.2, 0) is 6.42 Å². The number of furan rings is 1. The molecule has 28 heavy (non-hydrogen) atoms. The van der Waals surface area contributed by atoms with E-state index in [1.165, 1.54) is 6.39 Å². The molecule has 0 bridgehead atoms. The molecule has 3 aromatic heterocycles. The van der Waals surface area contributed by atoms with E-state index in [1.807, 2.05) is 30.3 Å². The van der Waals surface area contributed by atoms with Crippen molar-refractivity contribution in [2.45, 2.75) is 31.2 Å². The monoisotopic (exact) mass is 374 g/mol. The lowest BCUT2D eigenvalue weighted by Crippen LogP contribution is -2.40. The predicted molar refractivity (Wildman–Crippen MR) is 99.9 cm³/mol.